The zero-order valence-corrected chi connectivity index (χ0v) is 10.2. The van der Waals surface area contributed by atoms with Crippen molar-refractivity contribution in [1.82, 2.24) is 0 Å². The Balaban J connectivity index is 2.37. The predicted molar refractivity (Wildman–Crippen MR) is 65.3 cm³/mol. The van der Waals surface area contributed by atoms with Gasteiger partial charge in [-0.25, -0.2) is 4.39 Å². The first kappa shape index (κ1) is 11.6. The maximum atomic E-state index is 13.3. The third-order valence-corrected chi connectivity index (χ3v) is 2.60. The van der Waals surface area contributed by atoms with Crippen molar-refractivity contribution < 1.29 is 9.13 Å². The van der Waals surface area contributed by atoms with Crippen molar-refractivity contribution in [3.8, 4) is 17.6 Å². The first-order chi connectivity index (χ1) is 8.20. The number of nitrogens with zero attached hydrogens (tertiary/aromatic N) is 1. The zero-order valence-electron chi connectivity index (χ0n) is 8.65. The summed E-state index contributed by atoms with van der Waals surface area (Å²) >= 11 is 3.31. The molecule has 0 atom stereocenters. The summed E-state index contributed by atoms with van der Waals surface area (Å²) in [6, 6.07) is 13.2. The van der Waals surface area contributed by atoms with Gasteiger partial charge in [0.25, 0.3) is 0 Å². The van der Waals surface area contributed by atoms with Crippen molar-refractivity contribution in [2.24, 2.45) is 0 Å². The highest BCUT2D eigenvalue weighted by Crippen LogP contribution is 2.28. The Morgan fingerprint density at radius 3 is 2.65 bits per heavy atom. The maximum Gasteiger partial charge on any atom is 0.148 e. The highest BCUT2D eigenvalue weighted by Gasteiger charge is 2.09. The predicted octanol–water partition coefficient (Wildman–Crippen LogP) is 4.25. The Bertz CT molecular complexity index is 592. The van der Waals surface area contributed by atoms with Crippen LogP contribution in [0, 0.1) is 17.1 Å². The van der Waals surface area contributed by atoms with Crippen LogP contribution in [0.5, 0.6) is 11.5 Å². The molecule has 0 amide bonds. The van der Waals surface area contributed by atoms with Gasteiger partial charge in [0, 0.05) is 4.47 Å². The van der Waals surface area contributed by atoms with Gasteiger partial charge in [-0.05, 0) is 30.3 Å². The minimum absolute atomic E-state index is 0.0903. The number of hydrogen-bond acceptors (Lipinski definition) is 2. The molecular weight excluding hydrogens is 285 g/mol. The van der Waals surface area contributed by atoms with E-state index in [0.29, 0.717) is 5.75 Å². The third kappa shape index (κ3) is 2.63. The Labute approximate surface area is 106 Å². The molecule has 2 nitrogen and oxygen atoms in total. The van der Waals surface area contributed by atoms with Gasteiger partial charge in [-0.15, -0.1) is 0 Å². The summed E-state index contributed by atoms with van der Waals surface area (Å²) in [5.74, 6) is 0.173. The van der Waals surface area contributed by atoms with E-state index < -0.39 is 5.82 Å². The van der Waals surface area contributed by atoms with Gasteiger partial charge in [0.1, 0.15) is 28.9 Å². The molecule has 0 unspecified atom stereocenters. The maximum absolute atomic E-state index is 13.3. The standard InChI is InChI=1S/C13H7BrFNO/c14-9-3-1-4-10(7-9)17-13-6-2-5-12(15)11(13)8-16/h1-7H. The second-order valence-electron chi connectivity index (χ2n) is 3.28. The van der Waals surface area contributed by atoms with Crippen molar-refractivity contribution in [3.05, 3.63) is 58.3 Å². The summed E-state index contributed by atoms with van der Waals surface area (Å²) in [6.45, 7) is 0. The molecule has 0 aromatic heterocycles. The van der Waals surface area contributed by atoms with E-state index in [0.717, 1.165) is 4.47 Å². The third-order valence-electron chi connectivity index (χ3n) is 2.11. The molecule has 0 bridgehead atoms. The van der Waals surface area contributed by atoms with Crippen molar-refractivity contribution in [2.45, 2.75) is 0 Å². The highest BCUT2D eigenvalue weighted by molar-refractivity contribution is 9.10. The molecule has 17 heavy (non-hydrogen) atoms. The molecule has 0 aliphatic carbocycles. The molecule has 0 heterocycles. The van der Waals surface area contributed by atoms with Crippen molar-refractivity contribution in [2.75, 3.05) is 0 Å². The van der Waals surface area contributed by atoms with Gasteiger partial charge in [-0.3, -0.25) is 0 Å². The van der Waals surface area contributed by atoms with E-state index in [9.17, 15) is 4.39 Å². The molecule has 0 fully saturated rings. The second-order valence-corrected chi connectivity index (χ2v) is 4.20. The molecule has 0 saturated heterocycles. The topological polar surface area (TPSA) is 33.0 Å². The van der Waals surface area contributed by atoms with Crippen LogP contribution < -0.4 is 4.74 Å². The second kappa shape index (κ2) is 4.98. The Kier molecular flexibility index (Phi) is 3.40. The lowest BCUT2D eigenvalue weighted by Gasteiger charge is -2.07. The summed E-state index contributed by atoms with van der Waals surface area (Å²) in [5, 5.41) is 8.85. The minimum atomic E-state index is -0.583. The summed E-state index contributed by atoms with van der Waals surface area (Å²) in [6.07, 6.45) is 0. The van der Waals surface area contributed by atoms with Crippen LogP contribution in [0.3, 0.4) is 0 Å². The molecular formula is C13H7BrFNO. The zero-order chi connectivity index (χ0) is 12.3. The average molecular weight is 292 g/mol. The Morgan fingerprint density at radius 1 is 1.18 bits per heavy atom. The van der Waals surface area contributed by atoms with Crippen LogP contribution in [0.15, 0.2) is 46.9 Å². The fourth-order valence-corrected chi connectivity index (χ4v) is 1.73. The van der Waals surface area contributed by atoms with E-state index in [1.165, 1.54) is 12.1 Å². The smallest absolute Gasteiger partial charge is 0.148 e. The van der Waals surface area contributed by atoms with Gasteiger partial charge < -0.3 is 4.74 Å². The summed E-state index contributed by atoms with van der Waals surface area (Å²) in [7, 11) is 0. The number of rotatable bonds is 2. The van der Waals surface area contributed by atoms with Gasteiger partial charge >= 0.3 is 0 Å². The Hall–Kier alpha value is -1.86. The fourth-order valence-electron chi connectivity index (χ4n) is 1.36. The fraction of sp³-hybridized carbons (Fsp3) is 0. The van der Waals surface area contributed by atoms with E-state index in [1.807, 2.05) is 6.07 Å². The van der Waals surface area contributed by atoms with Crippen LogP contribution in [0.1, 0.15) is 5.56 Å². The summed E-state index contributed by atoms with van der Waals surface area (Å²) in [5.41, 5.74) is -0.0903. The lowest BCUT2D eigenvalue weighted by molar-refractivity contribution is 0.474. The van der Waals surface area contributed by atoms with Gasteiger partial charge in [0.05, 0.1) is 0 Å². The van der Waals surface area contributed by atoms with Crippen LogP contribution in [-0.2, 0) is 0 Å². The molecule has 0 aliphatic heterocycles. The van der Waals surface area contributed by atoms with Gasteiger partial charge in [-0.2, -0.15) is 5.26 Å². The van der Waals surface area contributed by atoms with E-state index in [4.69, 9.17) is 10.00 Å². The molecule has 0 aliphatic rings. The molecule has 0 spiro atoms. The molecule has 4 heteroatoms. The molecule has 0 N–H and O–H groups in total. The van der Waals surface area contributed by atoms with E-state index >= 15 is 0 Å². The van der Waals surface area contributed by atoms with Crippen LogP contribution in [0.25, 0.3) is 0 Å². The number of halogens is 2. The largest absolute Gasteiger partial charge is 0.456 e. The van der Waals surface area contributed by atoms with E-state index in [2.05, 4.69) is 15.9 Å². The first-order valence-corrected chi connectivity index (χ1v) is 5.62. The number of benzene rings is 2. The lowest BCUT2D eigenvalue weighted by Crippen LogP contribution is -1.91. The monoisotopic (exact) mass is 291 g/mol. The van der Waals surface area contributed by atoms with Crippen LogP contribution >= 0.6 is 15.9 Å². The minimum Gasteiger partial charge on any atom is -0.456 e. The van der Waals surface area contributed by atoms with E-state index in [-0.39, 0.29) is 11.3 Å². The summed E-state index contributed by atoms with van der Waals surface area (Å²) < 4.78 is 19.6. The molecule has 2 aromatic carbocycles. The molecule has 2 aromatic rings. The van der Waals surface area contributed by atoms with Gasteiger partial charge in [0.2, 0.25) is 0 Å². The number of hydrogen-bond donors (Lipinski definition) is 0. The van der Waals surface area contributed by atoms with Crippen molar-refractivity contribution in [3.63, 3.8) is 0 Å². The lowest BCUT2D eigenvalue weighted by atomic mass is 10.2. The van der Waals surface area contributed by atoms with Gasteiger partial charge in [0.15, 0.2) is 0 Å². The average Bonchev–Trinajstić information content (AvgIpc) is 2.29. The quantitative estimate of drug-likeness (QED) is 0.828. The highest BCUT2D eigenvalue weighted by atomic mass is 79.9. The molecule has 2 rings (SSSR count). The molecule has 84 valence electrons. The Morgan fingerprint density at radius 2 is 1.94 bits per heavy atom. The summed E-state index contributed by atoms with van der Waals surface area (Å²) in [4.78, 5) is 0. The van der Waals surface area contributed by atoms with Crippen LogP contribution in [-0.4, -0.2) is 0 Å². The van der Waals surface area contributed by atoms with Crippen LogP contribution in [0.4, 0.5) is 4.39 Å². The van der Waals surface area contributed by atoms with Crippen molar-refractivity contribution >= 4 is 15.9 Å². The van der Waals surface area contributed by atoms with Crippen molar-refractivity contribution in [1.29, 1.82) is 5.26 Å². The first-order valence-electron chi connectivity index (χ1n) is 4.83. The number of ether oxygens (including phenoxy) is 1. The van der Waals surface area contributed by atoms with Gasteiger partial charge in [-0.1, -0.05) is 28.1 Å². The SMILES string of the molecule is N#Cc1c(F)cccc1Oc1cccc(Br)c1. The normalized spacial score (nSPS) is 9.71. The number of nitriles is 1. The van der Waals surface area contributed by atoms with E-state index in [1.54, 1.807) is 30.3 Å². The molecule has 0 radical (unpaired) electrons. The molecule has 0 saturated carbocycles. The van der Waals surface area contributed by atoms with Crippen LogP contribution in [0.2, 0.25) is 0 Å².